The molecule has 1 aliphatic carbocycles. The second-order valence-electron chi connectivity index (χ2n) is 4.28. The number of hydrogen-bond donors (Lipinski definition) is 3. The van der Waals surface area contributed by atoms with E-state index in [0.717, 1.165) is 25.7 Å². The molecule has 1 unspecified atom stereocenters. The van der Waals surface area contributed by atoms with Crippen molar-refractivity contribution < 1.29 is 9.90 Å². The average Bonchev–Trinajstić information content (AvgIpc) is 2.15. The second kappa shape index (κ2) is 4.75. The summed E-state index contributed by atoms with van der Waals surface area (Å²) in [7, 11) is 0. The number of hydrogen-bond acceptors (Lipinski definition) is 3. The quantitative estimate of drug-likeness (QED) is 0.607. The molecule has 82 valence electrons. The highest BCUT2D eigenvalue weighted by molar-refractivity contribution is 5.86. The lowest BCUT2D eigenvalue weighted by molar-refractivity contribution is -0.127. The van der Waals surface area contributed by atoms with Crippen molar-refractivity contribution in [2.45, 2.75) is 50.7 Å². The number of carbonyl (C=O) groups excluding carboxylic acids is 1. The molecule has 0 heterocycles. The number of amides is 1. The summed E-state index contributed by atoms with van der Waals surface area (Å²) in [5, 5.41) is 11.7. The Morgan fingerprint density at radius 1 is 1.50 bits per heavy atom. The molecule has 0 spiro atoms. The van der Waals surface area contributed by atoms with Crippen molar-refractivity contribution in [3.05, 3.63) is 0 Å². The highest BCUT2D eigenvalue weighted by atomic mass is 16.3. The molecule has 1 fully saturated rings. The third kappa shape index (κ3) is 2.96. The molecular weight excluding hydrogens is 180 g/mol. The number of aliphatic hydroxyl groups excluding tert-OH is 1. The number of nitrogens with one attached hydrogen (secondary N) is 1. The number of rotatable bonds is 3. The molecule has 4 N–H and O–H groups in total. The van der Waals surface area contributed by atoms with Gasteiger partial charge < -0.3 is 16.2 Å². The van der Waals surface area contributed by atoms with Gasteiger partial charge >= 0.3 is 0 Å². The predicted octanol–water partition coefficient (Wildman–Crippen LogP) is 0.145. The first-order valence-corrected chi connectivity index (χ1v) is 5.30. The van der Waals surface area contributed by atoms with Crippen LogP contribution in [0.5, 0.6) is 0 Å². The van der Waals surface area contributed by atoms with Crippen LogP contribution in [-0.4, -0.2) is 29.2 Å². The zero-order valence-electron chi connectivity index (χ0n) is 8.75. The summed E-state index contributed by atoms with van der Waals surface area (Å²) in [5.41, 5.74) is 5.31. The van der Waals surface area contributed by atoms with Gasteiger partial charge in [0.1, 0.15) is 0 Å². The summed E-state index contributed by atoms with van der Waals surface area (Å²) in [6.07, 6.45) is 4.24. The van der Waals surface area contributed by atoms with E-state index < -0.39 is 11.6 Å². The van der Waals surface area contributed by atoms with E-state index in [0.29, 0.717) is 0 Å². The molecule has 0 radical (unpaired) electrons. The zero-order valence-corrected chi connectivity index (χ0v) is 8.75. The average molecular weight is 200 g/mol. The van der Waals surface area contributed by atoms with Crippen molar-refractivity contribution in [3.8, 4) is 0 Å². The lowest BCUT2D eigenvalue weighted by Crippen LogP contribution is -2.55. The number of nitrogens with two attached hydrogens (primary N) is 1. The Morgan fingerprint density at radius 3 is 2.57 bits per heavy atom. The number of carbonyl (C=O) groups is 1. The van der Waals surface area contributed by atoms with Crippen LogP contribution in [-0.2, 0) is 4.79 Å². The molecule has 0 aromatic heterocycles. The molecule has 0 bridgehead atoms. The molecule has 1 aliphatic rings. The van der Waals surface area contributed by atoms with Crippen LogP contribution < -0.4 is 11.1 Å². The highest BCUT2D eigenvalue weighted by Crippen LogP contribution is 2.25. The Labute approximate surface area is 84.9 Å². The number of aliphatic hydroxyl groups is 1. The van der Waals surface area contributed by atoms with E-state index in [1.807, 2.05) is 0 Å². The van der Waals surface area contributed by atoms with E-state index in [2.05, 4.69) is 5.32 Å². The third-order valence-corrected chi connectivity index (χ3v) is 2.76. The molecule has 1 rings (SSSR count). The summed E-state index contributed by atoms with van der Waals surface area (Å²) in [6, 6.07) is 0. The standard InChI is InChI=1S/C10H20N2O2/c1-8(13)7-12-9(14)10(11)5-3-2-4-6-10/h8,13H,2-7,11H2,1H3,(H,12,14). The van der Waals surface area contributed by atoms with Crippen LogP contribution in [0.25, 0.3) is 0 Å². The van der Waals surface area contributed by atoms with Crippen molar-refractivity contribution in [2.24, 2.45) is 5.73 Å². The molecule has 0 aliphatic heterocycles. The fraction of sp³-hybridized carbons (Fsp3) is 0.900. The minimum absolute atomic E-state index is 0.113. The molecule has 4 heteroatoms. The smallest absolute Gasteiger partial charge is 0.240 e. The second-order valence-corrected chi connectivity index (χ2v) is 4.28. The minimum Gasteiger partial charge on any atom is -0.392 e. The predicted molar refractivity (Wildman–Crippen MR) is 54.7 cm³/mol. The van der Waals surface area contributed by atoms with Crippen LogP contribution >= 0.6 is 0 Å². The topological polar surface area (TPSA) is 75.3 Å². The van der Waals surface area contributed by atoms with Gasteiger partial charge in [-0.1, -0.05) is 19.3 Å². The van der Waals surface area contributed by atoms with Crippen LogP contribution in [0, 0.1) is 0 Å². The van der Waals surface area contributed by atoms with Crippen molar-refractivity contribution in [1.82, 2.24) is 5.32 Å². The SMILES string of the molecule is CC(O)CNC(=O)C1(N)CCCCC1. The van der Waals surface area contributed by atoms with Crippen LogP contribution in [0.4, 0.5) is 0 Å². The monoisotopic (exact) mass is 200 g/mol. The van der Waals surface area contributed by atoms with Gasteiger partial charge in [0, 0.05) is 6.54 Å². The van der Waals surface area contributed by atoms with Gasteiger partial charge in [0.25, 0.3) is 0 Å². The maximum atomic E-state index is 11.7. The molecule has 0 aromatic rings. The molecule has 1 saturated carbocycles. The molecule has 14 heavy (non-hydrogen) atoms. The first kappa shape index (κ1) is 11.5. The van der Waals surface area contributed by atoms with Crippen LogP contribution in [0.2, 0.25) is 0 Å². The van der Waals surface area contributed by atoms with E-state index in [4.69, 9.17) is 10.8 Å². The summed E-state index contributed by atoms with van der Waals surface area (Å²) >= 11 is 0. The fourth-order valence-electron chi connectivity index (χ4n) is 1.83. The Kier molecular flexibility index (Phi) is 3.89. The van der Waals surface area contributed by atoms with Gasteiger partial charge in [-0.2, -0.15) is 0 Å². The van der Waals surface area contributed by atoms with Gasteiger partial charge in [-0.25, -0.2) is 0 Å². The maximum Gasteiger partial charge on any atom is 0.240 e. The summed E-state index contributed by atoms with van der Waals surface area (Å²) in [4.78, 5) is 11.7. The summed E-state index contributed by atoms with van der Waals surface area (Å²) < 4.78 is 0. The molecular formula is C10H20N2O2. The summed E-state index contributed by atoms with van der Waals surface area (Å²) in [5.74, 6) is -0.113. The van der Waals surface area contributed by atoms with Crippen molar-refractivity contribution >= 4 is 5.91 Å². The van der Waals surface area contributed by atoms with E-state index in [1.165, 1.54) is 6.42 Å². The Morgan fingerprint density at radius 2 is 2.07 bits per heavy atom. The fourth-order valence-corrected chi connectivity index (χ4v) is 1.83. The van der Waals surface area contributed by atoms with E-state index in [9.17, 15) is 4.79 Å². The Bertz CT molecular complexity index is 198. The van der Waals surface area contributed by atoms with Gasteiger partial charge in [0.2, 0.25) is 5.91 Å². The largest absolute Gasteiger partial charge is 0.392 e. The van der Waals surface area contributed by atoms with E-state index in [1.54, 1.807) is 6.92 Å². The van der Waals surface area contributed by atoms with Gasteiger partial charge in [-0.15, -0.1) is 0 Å². The van der Waals surface area contributed by atoms with E-state index in [-0.39, 0.29) is 12.5 Å². The van der Waals surface area contributed by atoms with E-state index >= 15 is 0 Å². The van der Waals surface area contributed by atoms with Gasteiger partial charge in [0.15, 0.2) is 0 Å². The highest BCUT2D eigenvalue weighted by Gasteiger charge is 2.34. The maximum absolute atomic E-state index is 11.7. The Hall–Kier alpha value is -0.610. The van der Waals surface area contributed by atoms with Crippen molar-refractivity contribution in [2.75, 3.05) is 6.54 Å². The van der Waals surface area contributed by atoms with Gasteiger partial charge in [-0.3, -0.25) is 4.79 Å². The lowest BCUT2D eigenvalue weighted by atomic mass is 9.82. The van der Waals surface area contributed by atoms with Crippen molar-refractivity contribution in [1.29, 1.82) is 0 Å². The lowest BCUT2D eigenvalue weighted by Gasteiger charge is -2.31. The molecule has 1 atom stereocenters. The third-order valence-electron chi connectivity index (χ3n) is 2.76. The molecule has 1 amide bonds. The molecule has 4 nitrogen and oxygen atoms in total. The van der Waals surface area contributed by atoms with Crippen LogP contribution in [0.15, 0.2) is 0 Å². The minimum atomic E-state index is -0.687. The Balaban J connectivity index is 2.41. The summed E-state index contributed by atoms with van der Waals surface area (Å²) in [6.45, 7) is 1.93. The van der Waals surface area contributed by atoms with Crippen LogP contribution in [0.3, 0.4) is 0 Å². The zero-order chi connectivity index (χ0) is 10.6. The molecule has 0 aromatic carbocycles. The first-order chi connectivity index (χ1) is 6.54. The van der Waals surface area contributed by atoms with Gasteiger partial charge in [-0.05, 0) is 19.8 Å². The normalized spacial score (nSPS) is 22.8. The first-order valence-electron chi connectivity index (χ1n) is 5.30. The van der Waals surface area contributed by atoms with Gasteiger partial charge in [0.05, 0.1) is 11.6 Å². The molecule has 0 saturated heterocycles. The van der Waals surface area contributed by atoms with Crippen molar-refractivity contribution in [3.63, 3.8) is 0 Å². The van der Waals surface area contributed by atoms with Crippen LogP contribution in [0.1, 0.15) is 39.0 Å².